The second-order valence-electron chi connectivity index (χ2n) is 5.98. The van der Waals surface area contributed by atoms with Crippen LogP contribution in [0.3, 0.4) is 0 Å². The summed E-state index contributed by atoms with van der Waals surface area (Å²) >= 11 is 5.86. The van der Waals surface area contributed by atoms with Gasteiger partial charge in [-0.15, -0.1) is 0 Å². The number of likely N-dealkylation sites (N-methyl/N-ethyl adjacent to an activating group) is 1. The van der Waals surface area contributed by atoms with E-state index in [-0.39, 0.29) is 12.5 Å². The van der Waals surface area contributed by atoms with Gasteiger partial charge in [0.15, 0.2) is 0 Å². The lowest BCUT2D eigenvalue weighted by Gasteiger charge is -2.25. The number of hydrogen-bond acceptors (Lipinski definition) is 3. The van der Waals surface area contributed by atoms with Crippen molar-refractivity contribution in [3.8, 4) is 0 Å². The number of hydrogen-bond donors (Lipinski definition) is 0. The summed E-state index contributed by atoms with van der Waals surface area (Å²) in [4.78, 5) is 14.0. The highest BCUT2D eigenvalue weighted by atomic mass is 35.5. The number of amides is 1. The Hall–Kier alpha value is -2.05. The minimum absolute atomic E-state index is 0.244. The van der Waals surface area contributed by atoms with Crippen LogP contribution < -0.4 is 4.31 Å². The molecule has 0 spiro atoms. The molecule has 7 heteroatoms. The van der Waals surface area contributed by atoms with Crippen LogP contribution >= 0.6 is 11.6 Å². The Balaban J connectivity index is 2.15. The molecular weight excluding hydrogens is 360 g/mol. The monoisotopic (exact) mass is 380 g/mol. The zero-order valence-corrected chi connectivity index (χ0v) is 16.0. The third-order valence-electron chi connectivity index (χ3n) is 3.73. The van der Waals surface area contributed by atoms with Crippen LogP contribution in [0.15, 0.2) is 48.5 Å². The average molecular weight is 381 g/mol. The van der Waals surface area contributed by atoms with Crippen molar-refractivity contribution >= 4 is 33.2 Å². The summed E-state index contributed by atoms with van der Waals surface area (Å²) in [6.45, 7) is 2.01. The van der Waals surface area contributed by atoms with Crippen LogP contribution in [0.1, 0.15) is 11.1 Å². The number of nitrogens with zero attached hydrogens (tertiary/aromatic N) is 2. The van der Waals surface area contributed by atoms with Crippen molar-refractivity contribution in [2.45, 2.75) is 13.5 Å². The molecule has 0 saturated heterocycles. The number of sulfonamides is 1. The Morgan fingerprint density at radius 3 is 2.32 bits per heavy atom. The van der Waals surface area contributed by atoms with E-state index < -0.39 is 10.0 Å². The number of carbonyl (C=O) groups excluding carboxylic acids is 1. The third kappa shape index (κ3) is 5.47. The van der Waals surface area contributed by atoms with Crippen LogP contribution in [-0.4, -0.2) is 39.1 Å². The van der Waals surface area contributed by atoms with Gasteiger partial charge in [0.1, 0.15) is 6.54 Å². The van der Waals surface area contributed by atoms with Gasteiger partial charge < -0.3 is 4.90 Å². The molecule has 0 atom stereocenters. The minimum Gasteiger partial charge on any atom is -0.340 e. The predicted octanol–water partition coefficient (Wildman–Crippen LogP) is 3.07. The summed E-state index contributed by atoms with van der Waals surface area (Å²) in [6.07, 6.45) is 1.10. The van der Waals surface area contributed by atoms with Crippen molar-refractivity contribution in [2.24, 2.45) is 0 Å². The fourth-order valence-corrected chi connectivity index (χ4v) is 3.35. The summed E-state index contributed by atoms with van der Waals surface area (Å²) in [7, 11) is -1.93. The molecule has 1 amide bonds. The van der Waals surface area contributed by atoms with Crippen molar-refractivity contribution in [2.75, 3.05) is 24.2 Å². The van der Waals surface area contributed by atoms with Gasteiger partial charge in [-0.25, -0.2) is 8.42 Å². The largest absolute Gasteiger partial charge is 0.340 e. The van der Waals surface area contributed by atoms with Gasteiger partial charge in [-0.3, -0.25) is 9.10 Å². The van der Waals surface area contributed by atoms with E-state index in [1.54, 1.807) is 37.4 Å². The van der Waals surface area contributed by atoms with Crippen LogP contribution in [0.4, 0.5) is 5.69 Å². The standard InChI is InChI=1S/C18H21ClN2O3S/c1-14-5-4-6-17(11-14)21(25(3,23)24)13-18(22)20(2)12-15-7-9-16(19)10-8-15/h4-11H,12-13H2,1-3H3. The van der Waals surface area contributed by atoms with Gasteiger partial charge in [-0.2, -0.15) is 0 Å². The molecule has 0 heterocycles. The smallest absolute Gasteiger partial charge is 0.243 e. The molecule has 0 radical (unpaired) electrons. The van der Waals surface area contributed by atoms with Crippen molar-refractivity contribution in [1.82, 2.24) is 4.90 Å². The summed E-state index contributed by atoms with van der Waals surface area (Å²) in [6, 6.07) is 14.2. The number of rotatable bonds is 6. The van der Waals surface area contributed by atoms with E-state index in [1.807, 2.05) is 25.1 Å². The van der Waals surface area contributed by atoms with Crippen molar-refractivity contribution in [1.29, 1.82) is 0 Å². The fraction of sp³-hybridized carbons (Fsp3) is 0.278. The first-order valence-corrected chi connectivity index (χ1v) is 9.92. The van der Waals surface area contributed by atoms with Crippen LogP contribution in [0.5, 0.6) is 0 Å². The maximum Gasteiger partial charge on any atom is 0.243 e. The highest BCUT2D eigenvalue weighted by Crippen LogP contribution is 2.19. The fourth-order valence-electron chi connectivity index (χ4n) is 2.38. The highest BCUT2D eigenvalue weighted by molar-refractivity contribution is 7.92. The van der Waals surface area contributed by atoms with E-state index in [1.165, 1.54) is 4.90 Å². The van der Waals surface area contributed by atoms with Crippen molar-refractivity contribution < 1.29 is 13.2 Å². The van der Waals surface area contributed by atoms with E-state index in [9.17, 15) is 13.2 Å². The quantitative estimate of drug-likeness (QED) is 0.773. The van der Waals surface area contributed by atoms with E-state index in [4.69, 9.17) is 11.6 Å². The van der Waals surface area contributed by atoms with E-state index in [0.717, 1.165) is 21.7 Å². The predicted molar refractivity (Wildman–Crippen MR) is 101 cm³/mol. The van der Waals surface area contributed by atoms with E-state index >= 15 is 0 Å². The van der Waals surface area contributed by atoms with Crippen molar-refractivity contribution in [3.05, 3.63) is 64.7 Å². The van der Waals surface area contributed by atoms with Gasteiger partial charge in [0, 0.05) is 18.6 Å². The second kappa shape index (κ2) is 7.89. The van der Waals surface area contributed by atoms with Crippen molar-refractivity contribution in [3.63, 3.8) is 0 Å². The van der Waals surface area contributed by atoms with Gasteiger partial charge in [-0.1, -0.05) is 35.9 Å². The van der Waals surface area contributed by atoms with Crippen LogP contribution in [-0.2, 0) is 21.4 Å². The van der Waals surface area contributed by atoms with Gasteiger partial charge in [0.2, 0.25) is 15.9 Å². The second-order valence-corrected chi connectivity index (χ2v) is 8.33. The lowest BCUT2D eigenvalue weighted by atomic mass is 10.2. The Morgan fingerprint density at radius 1 is 1.12 bits per heavy atom. The molecule has 0 aliphatic heterocycles. The first-order chi connectivity index (χ1) is 11.7. The van der Waals surface area contributed by atoms with Gasteiger partial charge >= 0.3 is 0 Å². The number of aryl methyl sites for hydroxylation is 1. The minimum atomic E-state index is -3.57. The number of halogens is 1. The number of carbonyl (C=O) groups is 1. The van der Waals surface area contributed by atoms with Crippen LogP contribution in [0, 0.1) is 6.92 Å². The molecule has 0 bridgehead atoms. The molecule has 0 fully saturated rings. The Morgan fingerprint density at radius 2 is 1.76 bits per heavy atom. The molecule has 0 aliphatic carbocycles. The normalized spacial score (nSPS) is 11.2. The maximum atomic E-state index is 12.5. The number of benzene rings is 2. The molecule has 0 aliphatic rings. The summed E-state index contributed by atoms with van der Waals surface area (Å²) in [5.41, 5.74) is 2.32. The highest BCUT2D eigenvalue weighted by Gasteiger charge is 2.22. The summed E-state index contributed by atoms with van der Waals surface area (Å²) < 4.78 is 25.4. The summed E-state index contributed by atoms with van der Waals surface area (Å²) in [5, 5.41) is 0.625. The van der Waals surface area contributed by atoms with E-state index in [0.29, 0.717) is 17.3 Å². The van der Waals surface area contributed by atoms with E-state index in [2.05, 4.69) is 0 Å². The molecule has 2 aromatic carbocycles. The number of anilines is 1. The van der Waals surface area contributed by atoms with Gasteiger partial charge in [0.05, 0.1) is 11.9 Å². The zero-order valence-electron chi connectivity index (χ0n) is 14.4. The molecule has 0 aromatic heterocycles. The zero-order chi connectivity index (χ0) is 18.6. The lowest BCUT2D eigenvalue weighted by Crippen LogP contribution is -2.41. The molecule has 2 aromatic rings. The molecule has 2 rings (SSSR count). The average Bonchev–Trinajstić information content (AvgIpc) is 2.53. The molecule has 0 unspecified atom stereocenters. The molecule has 25 heavy (non-hydrogen) atoms. The van der Waals surface area contributed by atoms with Gasteiger partial charge in [-0.05, 0) is 42.3 Å². The lowest BCUT2D eigenvalue weighted by molar-refractivity contribution is -0.128. The first kappa shape index (κ1) is 19.3. The van der Waals surface area contributed by atoms with Crippen LogP contribution in [0.25, 0.3) is 0 Å². The summed E-state index contributed by atoms with van der Waals surface area (Å²) in [5.74, 6) is -0.290. The topological polar surface area (TPSA) is 57.7 Å². The Kier molecular flexibility index (Phi) is 6.08. The van der Waals surface area contributed by atoms with Crippen LogP contribution in [0.2, 0.25) is 5.02 Å². The van der Waals surface area contributed by atoms with Gasteiger partial charge in [0.25, 0.3) is 0 Å². The third-order valence-corrected chi connectivity index (χ3v) is 5.12. The molecule has 0 N–H and O–H groups in total. The Bertz CT molecular complexity index is 851. The molecule has 0 saturated carbocycles. The molecule has 134 valence electrons. The molecular formula is C18H21ClN2O3S. The molecule has 5 nitrogen and oxygen atoms in total. The Labute approximate surface area is 153 Å². The maximum absolute atomic E-state index is 12.5. The first-order valence-electron chi connectivity index (χ1n) is 7.69. The SMILES string of the molecule is Cc1cccc(N(CC(=O)N(C)Cc2ccc(Cl)cc2)S(C)(=O)=O)c1.